The Bertz CT molecular complexity index is 3230. The summed E-state index contributed by atoms with van der Waals surface area (Å²) >= 11 is 5.31. The number of thiophene rings is 3. The maximum atomic E-state index is 5.98. The van der Waals surface area contributed by atoms with Crippen LogP contribution < -0.4 is 0 Å². The number of para-hydroxylation sites is 1. The molecule has 8 heteroatoms. The number of aromatic nitrogens is 4. The van der Waals surface area contributed by atoms with Crippen molar-refractivity contribution < 1.29 is 4.42 Å². The molecule has 0 N–H and O–H groups in total. The Morgan fingerprint density at radius 2 is 0.966 bits per heavy atom. The van der Waals surface area contributed by atoms with Gasteiger partial charge < -0.3 is 4.42 Å². The van der Waals surface area contributed by atoms with Gasteiger partial charge in [-0.25, -0.2) is 19.9 Å². The first-order chi connectivity index (χ1) is 29.3. The molecule has 6 aromatic heterocycles. The summed E-state index contributed by atoms with van der Waals surface area (Å²) in [4.78, 5) is 17.6. The van der Waals surface area contributed by atoms with Crippen LogP contribution in [0.15, 0.2) is 187 Å². The number of rotatable bonds is 0. The number of hydrogen-bond donors (Lipinski definition) is 0. The molecular formula is C51H32N4OS3. The molecule has 0 radical (unpaired) electrons. The molecule has 0 unspecified atom stereocenters. The summed E-state index contributed by atoms with van der Waals surface area (Å²) in [5.74, 6) is 0. The third-order valence-corrected chi connectivity index (χ3v) is 14.1. The normalized spacial score (nSPS) is 11.7. The number of furan rings is 1. The monoisotopic (exact) mass is 812 g/mol. The minimum absolute atomic E-state index is 0.979. The second-order valence-electron chi connectivity index (χ2n) is 14.2. The highest BCUT2D eigenvalue weighted by Crippen LogP contribution is 2.43. The molecule has 1 aliphatic rings. The summed E-state index contributed by atoms with van der Waals surface area (Å²) in [6.07, 6.45) is 7.94. The van der Waals surface area contributed by atoms with Crippen molar-refractivity contribution >= 4 is 117 Å². The van der Waals surface area contributed by atoms with E-state index in [1.165, 1.54) is 73.4 Å². The van der Waals surface area contributed by atoms with Crippen molar-refractivity contribution in [2.75, 3.05) is 0 Å². The van der Waals surface area contributed by atoms with E-state index in [1.54, 1.807) is 35.3 Å². The second kappa shape index (κ2) is 15.2. The number of nitrogens with zero attached hydrogens (tertiary/aromatic N) is 4. The van der Waals surface area contributed by atoms with Crippen molar-refractivity contribution in [3.63, 3.8) is 0 Å². The maximum absolute atomic E-state index is 5.98. The molecule has 0 aliphatic heterocycles. The van der Waals surface area contributed by atoms with Gasteiger partial charge in [0.1, 0.15) is 28.7 Å². The van der Waals surface area contributed by atoms with E-state index in [0.29, 0.717) is 0 Å². The van der Waals surface area contributed by atoms with Crippen LogP contribution in [0.5, 0.6) is 0 Å². The largest absolute Gasteiger partial charge is 0.456 e. The molecule has 7 aromatic carbocycles. The first-order valence-corrected chi connectivity index (χ1v) is 21.7. The molecule has 13 aromatic rings. The van der Waals surface area contributed by atoms with Crippen LogP contribution in [0.2, 0.25) is 0 Å². The highest BCUT2D eigenvalue weighted by atomic mass is 32.1. The zero-order valence-corrected chi connectivity index (χ0v) is 33.9. The van der Waals surface area contributed by atoms with E-state index in [4.69, 9.17) is 4.42 Å². The van der Waals surface area contributed by atoms with Gasteiger partial charge in [-0.2, -0.15) is 0 Å². The lowest BCUT2D eigenvalue weighted by Crippen LogP contribution is -1.81. The van der Waals surface area contributed by atoms with Gasteiger partial charge in [0.25, 0.3) is 0 Å². The van der Waals surface area contributed by atoms with Crippen molar-refractivity contribution in [3.05, 3.63) is 194 Å². The van der Waals surface area contributed by atoms with E-state index < -0.39 is 0 Å². The molecule has 1 aliphatic carbocycles. The SMILES string of the molecule is c1ccc2c(c1)Cc1c-2ccc2oc3ccccc3c12.c1ccc2c(c1)sc1ccccc12.c1ccc2c(c1)sc1cncnc12.c1ccc2c(c1)sc1ncncc12. The number of benzene rings is 7. The van der Waals surface area contributed by atoms with Crippen LogP contribution in [0, 0.1) is 0 Å². The zero-order valence-electron chi connectivity index (χ0n) is 31.4. The second-order valence-corrected chi connectivity index (χ2v) is 17.4. The summed E-state index contributed by atoms with van der Waals surface area (Å²) in [6.45, 7) is 0. The van der Waals surface area contributed by atoms with Gasteiger partial charge in [-0.15, -0.1) is 34.0 Å². The Labute approximate surface area is 350 Å². The van der Waals surface area contributed by atoms with Crippen LogP contribution >= 0.6 is 34.0 Å². The fourth-order valence-electron chi connectivity index (χ4n) is 8.06. The molecular weight excluding hydrogens is 781 g/mol. The summed E-state index contributed by atoms with van der Waals surface area (Å²) in [7, 11) is 0. The minimum atomic E-state index is 0.979. The van der Waals surface area contributed by atoms with E-state index in [-0.39, 0.29) is 0 Å². The lowest BCUT2D eigenvalue weighted by atomic mass is 10.0. The third-order valence-electron chi connectivity index (χ3n) is 10.7. The van der Waals surface area contributed by atoms with Gasteiger partial charge in [-0.1, -0.05) is 121 Å². The van der Waals surface area contributed by atoms with Gasteiger partial charge in [0.05, 0.1) is 10.2 Å². The van der Waals surface area contributed by atoms with Crippen LogP contribution in [0.1, 0.15) is 11.1 Å². The van der Waals surface area contributed by atoms with E-state index in [0.717, 1.165) is 38.0 Å². The molecule has 0 saturated heterocycles. The first-order valence-electron chi connectivity index (χ1n) is 19.3. The van der Waals surface area contributed by atoms with Gasteiger partial charge in [0.15, 0.2) is 0 Å². The number of hydrogen-bond acceptors (Lipinski definition) is 8. The molecule has 0 amide bonds. The molecule has 6 heterocycles. The van der Waals surface area contributed by atoms with E-state index >= 15 is 0 Å². The predicted octanol–water partition coefficient (Wildman–Crippen LogP) is 14.9. The summed E-state index contributed by atoms with van der Waals surface area (Å²) in [5, 5.41) is 8.91. The van der Waals surface area contributed by atoms with E-state index in [2.05, 4.69) is 141 Å². The topological polar surface area (TPSA) is 64.7 Å². The molecule has 280 valence electrons. The predicted molar refractivity (Wildman–Crippen MR) is 251 cm³/mol. The molecule has 0 spiro atoms. The third kappa shape index (κ3) is 6.48. The fourth-order valence-corrected chi connectivity index (χ4v) is 11.2. The van der Waals surface area contributed by atoms with Gasteiger partial charge in [0.2, 0.25) is 0 Å². The molecule has 14 rings (SSSR count). The van der Waals surface area contributed by atoms with Crippen LogP contribution in [0.3, 0.4) is 0 Å². The van der Waals surface area contributed by atoms with E-state index in [1.807, 2.05) is 60.1 Å². The summed E-state index contributed by atoms with van der Waals surface area (Å²) in [5.41, 5.74) is 8.60. The van der Waals surface area contributed by atoms with Crippen molar-refractivity contribution in [1.82, 2.24) is 19.9 Å². The Morgan fingerprint density at radius 1 is 0.407 bits per heavy atom. The smallest absolute Gasteiger partial charge is 0.135 e. The average molecular weight is 813 g/mol. The molecule has 0 saturated carbocycles. The zero-order chi connectivity index (χ0) is 39.1. The Hall–Kier alpha value is -6.84. The lowest BCUT2D eigenvalue weighted by molar-refractivity contribution is 0.669. The lowest BCUT2D eigenvalue weighted by Gasteiger charge is -2.01. The Balaban J connectivity index is 0.0000000916. The van der Waals surface area contributed by atoms with Crippen LogP contribution in [-0.4, -0.2) is 19.9 Å². The van der Waals surface area contributed by atoms with Crippen molar-refractivity contribution in [2.45, 2.75) is 6.42 Å². The average Bonchev–Trinajstić information content (AvgIpc) is 4.12. The van der Waals surface area contributed by atoms with Gasteiger partial charge in [-0.3, -0.25) is 0 Å². The number of fused-ring (bicyclic) bond motifs is 16. The molecule has 0 fully saturated rings. The van der Waals surface area contributed by atoms with Crippen LogP contribution in [0.4, 0.5) is 0 Å². The van der Waals surface area contributed by atoms with E-state index in [9.17, 15) is 0 Å². The van der Waals surface area contributed by atoms with Crippen LogP contribution in [0.25, 0.3) is 93.8 Å². The maximum Gasteiger partial charge on any atom is 0.135 e. The minimum Gasteiger partial charge on any atom is -0.456 e. The highest BCUT2D eigenvalue weighted by molar-refractivity contribution is 7.26. The molecule has 5 nitrogen and oxygen atoms in total. The Morgan fingerprint density at radius 3 is 1.73 bits per heavy atom. The highest BCUT2D eigenvalue weighted by Gasteiger charge is 2.22. The van der Waals surface area contributed by atoms with Gasteiger partial charge >= 0.3 is 0 Å². The molecule has 0 atom stereocenters. The van der Waals surface area contributed by atoms with Crippen molar-refractivity contribution in [2.24, 2.45) is 0 Å². The summed E-state index contributed by atoms with van der Waals surface area (Å²) < 4.78 is 12.4. The van der Waals surface area contributed by atoms with Gasteiger partial charge in [-0.05, 0) is 65.1 Å². The Kier molecular flexibility index (Phi) is 9.08. The molecule has 59 heavy (non-hydrogen) atoms. The van der Waals surface area contributed by atoms with Crippen molar-refractivity contribution in [3.8, 4) is 11.1 Å². The summed E-state index contributed by atoms with van der Waals surface area (Å²) in [6, 6.07) is 55.0. The fraction of sp³-hybridized carbons (Fsp3) is 0.0196. The standard InChI is InChI=1S/C19H12O.C12H8S.2C10H6N2S/c1-2-6-13-12(5-1)11-16-14(13)9-10-18-19(16)15-7-3-4-8-17(15)20-18;1-3-7-11-9(5-1)10-6-2-4-8-12(10)13-11;1-2-4-9-7(3-1)8-5-11-6-12-10(8)13-9;1-2-4-8-7(3-1)10-9(13-8)5-11-6-12-10/h1-10H,11H2;1-8H;2*1-6H. The molecule has 0 bridgehead atoms. The first kappa shape index (κ1) is 35.3. The quantitative estimate of drug-likeness (QED) is 0.153. The van der Waals surface area contributed by atoms with Crippen LogP contribution in [-0.2, 0) is 6.42 Å². The van der Waals surface area contributed by atoms with Gasteiger partial charge in [0, 0.05) is 68.9 Å². The van der Waals surface area contributed by atoms with Crippen molar-refractivity contribution in [1.29, 1.82) is 0 Å².